The number of carbonyl (C=O) groups is 3. The van der Waals surface area contributed by atoms with Crippen molar-refractivity contribution in [1.82, 2.24) is 20.4 Å². The molecule has 0 bridgehead atoms. The Hall–Kier alpha value is -2.61. The first-order valence-corrected chi connectivity index (χ1v) is 9.19. The van der Waals surface area contributed by atoms with Crippen LogP contribution in [0.25, 0.3) is 0 Å². The summed E-state index contributed by atoms with van der Waals surface area (Å²) in [7, 11) is 3.36. The van der Waals surface area contributed by atoms with Gasteiger partial charge in [0.1, 0.15) is 0 Å². The summed E-state index contributed by atoms with van der Waals surface area (Å²) in [6, 6.07) is 6.37. The van der Waals surface area contributed by atoms with E-state index in [1.807, 2.05) is 7.05 Å². The molecule has 27 heavy (non-hydrogen) atoms. The van der Waals surface area contributed by atoms with Gasteiger partial charge in [0, 0.05) is 37.3 Å². The minimum absolute atomic E-state index is 0.0533. The highest BCUT2D eigenvalue weighted by Crippen LogP contribution is 2.15. The van der Waals surface area contributed by atoms with Gasteiger partial charge in [-0.25, -0.2) is 9.59 Å². The van der Waals surface area contributed by atoms with Crippen LogP contribution >= 0.6 is 0 Å². The monoisotopic (exact) mass is 374 g/mol. The van der Waals surface area contributed by atoms with Gasteiger partial charge in [-0.1, -0.05) is 0 Å². The SMILES string of the molecule is COC(=O)c1ccc(C(=O)N2CC[C@@H](NC(=O)N[C@@H]3CCN(C)C3)C2)cc1. The van der Waals surface area contributed by atoms with E-state index < -0.39 is 5.97 Å². The minimum Gasteiger partial charge on any atom is -0.465 e. The third-order valence-corrected chi connectivity index (χ3v) is 5.09. The van der Waals surface area contributed by atoms with Crippen LogP contribution in [0.5, 0.6) is 0 Å². The van der Waals surface area contributed by atoms with Crippen molar-refractivity contribution >= 4 is 17.9 Å². The van der Waals surface area contributed by atoms with E-state index >= 15 is 0 Å². The summed E-state index contributed by atoms with van der Waals surface area (Å²) in [4.78, 5) is 40.2. The van der Waals surface area contributed by atoms with Crippen LogP contribution in [0.2, 0.25) is 0 Å². The van der Waals surface area contributed by atoms with Crippen molar-refractivity contribution < 1.29 is 19.1 Å². The number of urea groups is 1. The van der Waals surface area contributed by atoms with Crippen LogP contribution in [0, 0.1) is 0 Å². The zero-order valence-corrected chi connectivity index (χ0v) is 15.7. The van der Waals surface area contributed by atoms with Crippen LogP contribution in [0.1, 0.15) is 33.6 Å². The van der Waals surface area contributed by atoms with E-state index in [0.29, 0.717) is 24.2 Å². The summed E-state index contributed by atoms with van der Waals surface area (Å²) < 4.78 is 4.66. The Kier molecular flexibility index (Phi) is 5.95. The lowest BCUT2D eigenvalue weighted by molar-refractivity contribution is 0.0600. The lowest BCUT2D eigenvalue weighted by Crippen LogP contribution is -2.48. The van der Waals surface area contributed by atoms with Gasteiger partial charge < -0.3 is 25.2 Å². The minimum atomic E-state index is -0.432. The van der Waals surface area contributed by atoms with Crippen LogP contribution in [0.3, 0.4) is 0 Å². The molecule has 3 rings (SSSR count). The molecule has 2 aliphatic rings. The fraction of sp³-hybridized carbons (Fsp3) is 0.526. The number of benzene rings is 1. The Morgan fingerprint density at radius 1 is 0.963 bits per heavy atom. The molecule has 1 aromatic carbocycles. The molecular weight excluding hydrogens is 348 g/mol. The molecule has 2 N–H and O–H groups in total. The maximum Gasteiger partial charge on any atom is 0.337 e. The van der Waals surface area contributed by atoms with Crippen LogP contribution in [0.4, 0.5) is 4.79 Å². The van der Waals surface area contributed by atoms with Gasteiger partial charge in [-0.3, -0.25) is 4.79 Å². The molecule has 2 heterocycles. The first-order valence-electron chi connectivity index (χ1n) is 9.19. The van der Waals surface area contributed by atoms with E-state index in [9.17, 15) is 14.4 Å². The van der Waals surface area contributed by atoms with Gasteiger partial charge in [0.15, 0.2) is 0 Å². The Labute approximate surface area is 158 Å². The number of rotatable bonds is 4. The normalized spacial score (nSPS) is 22.5. The average Bonchev–Trinajstić information content (AvgIpc) is 3.29. The lowest BCUT2D eigenvalue weighted by Gasteiger charge is -2.19. The number of likely N-dealkylation sites (N-methyl/N-ethyl adjacent to an activating group) is 1. The Balaban J connectivity index is 1.49. The number of likely N-dealkylation sites (tertiary alicyclic amines) is 2. The standard InChI is InChI=1S/C19H26N4O4/c1-22-9-7-15(11-22)20-19(26)21-16-8-10-23(12-16)17(24)13-3-5-14(6-4-13)18(25)27-2/h3-6,15-16H,7-12H2,1-2H3,(H2,20,21,26)/t15-,16-/m1/s1. The summed E-state index contributed by atoms with van der Waals surface area (Å²) in [5.41, 5.74) is 0.922. The zero-order chi connectivity index (χ0) is 19.4. The number of ether oxygens (including phenoxy) is 1. The smallest absolute Gasteiger partial charge is 0.337 e. The van der Waals surface area contributed by atoms with E-state index in [1.165, 1.54) is 7.11 Å². The number of methoxy groups -OCH3 is 1. The third-order valence-electron chi connectivity index (χ3n) is 5.09. The number of amides is 3. The van der Waals surface area contributed by atoms with Crippen molar-refractivity contribution in [1.29, 1.82) is 0 Å². The number of hydrogen-bond donors (Lipinski definition) is 2. The molecule has 8 heteroatoms. The Bertz CT molecular complexity index is 706. The van der Waals surface area contributed by atoms with Gasteiger partial charge in [-0.05, 0) is 50.7 Å². The lowest BCUT2D eigenvalue weighted by atomic mass is 10.1. The molecule has 0 spiro atoms. The van der Waals surface area contributed by atoms with Crippen LogP contribution in [0.15, 0.2) is 24.3 Å². The van der Waals surface area contributed by atoms with Gasteiger partial charge in [-0.15, -0.1) is 0 Å². The Morgan fingerprint density at radius 2 is 1.56 bits per heavy atom. The quantitative estimate of drug-likeness (QED) is 0.757. The predicted octanol–water partition coefficient (Wildman–Crippen LogP) is 0.691. The van der Waals surface area contributed by atoms with E-state index in [-0.39, 0.29) is 24.0 Å². The molecule has 3 amide bonds. The van der Waals surface area contributed by atoms with E-state index in [2.05, 4.69) is 20.3 Å². The fourth-order valence-corrected chi connectivity index (χ4v) is 3.58. The molecule has 0 aliphatic carbocycles. The first kappa shape index (κ1) is 19.2. The second kappa shape index (κ2) is 8.39. The maximum atomic E-state index is 12.6. The van der Waals surface area contributed by atoms with Crippen molar-refractivity contribution in [2.24, 2.45) is 0 Å². The summed E-state index contributed by atoms with van der Waals surface area (Å²) in [5, 5.41) is 5.96. The summed E-state index contributed by atoms with van der Waals surface area (Å²) in [6.45, 7) is 2.93. The molecule has 2 atom stereocenters. The summed E-state index contributed by atoms with van der Waals surface area (Å²) >= 11 is 0. The van der Waals surface area contributed by atoms with Crippen LogP contribution in [-0.4, -0.2) is 80.1 Å². The number of nitrogens with zero attached hydrogens (tertiary/aromatic N) is 2. The molecule has 0 aromatic heterocycles. The van der Waals surface area contributed by atoms with Gasteiger partial charge >= 0.3 is 12.0 Å². The highest BCUT2D eigenvalue weighted by Gasteiger charge is 2.29. The molecule has 2 aliphatic heterocycles. The van der Waals surface area contributed by atoms with E-state index in [1.54, 1.807) is 29.2 Å². The summed E-state index contributed by atoms with van der Waals surface area (Å²) in [5.74, 6) is -0.535. The van der Waals surface area contributed by atoms with Crippen LogP contribution in [-0.2, 0) is 4.74 Å². The zero-order valence-electron chi connectivity index (χ0n) is 15.7. The van der Waals surface area contributed by atoms with Crippen molar-refractivity contribution in [3.8, 4) is 0 Å². The molecule has 2 fully saturated rings. The van der Waals surface area contributed by atoms with Crippen molar-refractivity contribution in [2.75, 3.05) is 40.3 Å². The fourth-order valence-electron chi connectivity index (χ4n) is 3.58. The third kappa shape index (κ3) is 4.77. The molecule has 2 saturated heterocycles. The van der Waals surface area contributed by atoms with E-state index in [4.69, 9.17) is 0 Å². The molecule has 8 nitrogen and oxygen atoms in total. The van der Waals surface area contributed by atoms with Gasteiger partial charge in [0.25, 0.3) is 5.91 Å². The first-order chi connectivity index (χ1) is 13.0. The highest BCUT2D eigenvalue weighted by molar-refractivity contribution is 5.96. The van der Waals surface area contributed by atoms with Crippen molar-refractivity contribution in [2.45, 2.75) is 24.9 Å². The predicted molar refractivity (Wildman–Crippen MR) is 99.7 cm³/mol. The largest absolute Gasteiger partial charge is 0.465 e. The van der Waals surface area contributed by atoms with Crippen molar-refractivity contribution in [3.63, 3.8) is 0 Å². The summed E-state index contributed by atoms with van der Waals surface area (Å²) in [6.07, 6.45) is 1.69. The van der Waals surface area contributed by atoms with Gasteiger partial charge in [-0.2, -0.15) is 0 Å². The molecule has 0 saturated carbocycles. The Morgan fingerprint density at radius 3 is 2.15 bits per heavy atom. The van der Waals surface area contributed by atoms with E-state index in [0.717, 1.165) is 25.9 Å². The highest BCUT2D eigenvalue weighted by atomic mass is 16.5. The number of esters is 1. The molecule has 0 unspecified atom stereocenters. The molecule has 146 valence electrons. The number of carbonyl (C=O) groups excluding carboxylic acids is 3. The van der Waals surface area contributed by atoms with Crippen molar-refractivity contribution in [3.05, 3.63) is 35.4 Å². The topological polar surface area (TPSA) is 91.0 Å². The number of nitrogens with one attached hydrogen (secondary N) is 2. The van der Waals surface area contributed by atoms with Gasteiger partial charge in [0.2, 0.25) is 0 Å². The molecule has 1 aromatic rings. The average molecular weight is 374 g/mol. The number of hydrogen-bond acceptors (Lipinski definition) is 5. The molecule has 0 radical (unpaired) electrons. The molecular formula is C19H26N4O4. The van der Waals surface area contributed by atoms with Crippen LogP contribution < -0.4 is 10.6 Å². The second-order valence-electron chi connectivity index (χ2n) is 7.17. The maximum absolute atomic E-state index is 12.6. The second-order valence-corrected chi connectivity index (χ2v) is 7.17. The van der Waals surface area contributed by atoms with Gasteiger partial charge in [0.05, 0.1) is 12.7 Å².